The minimum atomic E-state index is -0.318. The molecule has 1 aromatic rings. The summed E-state index contributed by atoms with van der Waals surface area (Å²) < 4.78 is 12.7. The van der Waals surface area contributed by atoms with Gasteiger partial charge in [-0.2, -0.15) is 0 Å². The predicted molar refractivity (Wildman–Crippen MR) is 72.7 cm³/mol. The number of hydrogen-bond donors (Lipinski definition) is 1. The maximum Gasteiger partial charge on any atom is 0.163 e. The first kappa shape index (κ1) is 13.1. The maximum absolute atomic E-state index is 12.7. The van der Waals surface area contributed by atoms with E-state index in [0.29, 0.717) is 17.7 Å². The normalized spacial score (nSPS) is 14.8. The Balaban J connectivity index is 1.78. The number of hydrogen-bond acceptors (Lipinski definition) is 4. The van der Waals surface area contributed by atoms with Crippen LogP contribution in [0.15, 0.2) is 29.3 Å². The van der Waals surface area contributed by atoms with Crippen molar-refractivity contribution < 1.29 is 9.18 Å². The Labute approximate surface area is 110 Å². The minimum absolute atomic E-state index is 0.0407. The highest BCUT2D eigenvalue weighted by Crippen LogP contribution is 2.11. The van der Waals surface area contributed by atoms with Crippen molar-refractivity contribution in [3.05, 3.63) is 35.6 Å². The molecule has 0 aliphatic carbocycles. The number of amidine groups is 1. The first-order chi connectivity index (χ1) is 8.75. The molecule has 0 bridgehead atoms. The van der Waals surface area contributed by atoms with Crippen LogP contribution >= 0.6 is 11.8 Å². The zero-order valence-electron chi connectivity index (χ0n) is 9.99. The number of benzene rings is 1. The summed E-state index contributed by atoms with van der Waals surface area (Å²) >= 11 is 1.57. The molecule has 0 saturated heterocycles. The van der Waals surface area contributed by atoms with E-state index < -0.39 is 0 Å². The van der Waals surface area contributed by atoms with Gasteiger partial charge >= 0.3 is 0 Å². The van der Waals surface area contributed by atoms with Gasteiger partial charge in [-0.1, -0.05) is 11.8 Å². The van der Waals surface area contributed by atoms with Crippen LogP contribution in [0.3, 0.4) is 0 Å². The van der Waals surface area contributed by atoms with Crippen molar-refractivity contribution in [3.8, 4) is 0 Å². The molecular weight excluding hydrogens is 251 g/mol. The van der Waals surface area contributed by atoms with Crippen LogP contribution in [0.2, 0.25) is 0 Å². The van der Waals surface area contributed by atoms with Crippen molar-refractivity contribution in [2.75, 3.05) is 18.8 Å². The molecule has 0 saturated carbocycles. The van der Waals surface area contributed by atoms with Gasteiger partial charge in [-0.05, 0) is 30.7 Å². The summed E-state index contributed by atoms with van der Waals surface area (Å²) in [5.41, 5.74) is 0.565. The van der Waals surface area contributed by atoms with Gasteiger partial charge < -0.3 is 5.32 Å². The fourth-order valence-electron chi connectivity index (χ4n) is 1.63. The third-order valence-corrected chi connectivity index (χ3v) is 3.56. The number of carbonyl (C=O) groups is 1. The topological polar surface area (TPSA) is 41.5 Å². The first-order valence-corrected chi connectivity index (χ1v) is 6.94. The summed E-state index contributed by atoms with van der Waals surface area (Å²) in [6, 6.07) is 5.68. The molecule has 0 amide bonds. The fraction of sp³-hybridized carbons (Fsp3) is 0.385. The zero-order chi connectivity index (χ0) is 12.8. The lowest BCUT2D eigenvalue weighted by molar-refractivity contribution is 0.0989. The van der Waals surface area contributed by atoms with E-state index in [-0.39, 0.29) is 11.6 Å². The Morgan fingerprint density at radius 2 is 2.17 bits per heavy atom. The number of nitrogens with zero attached hydrogens (tertiary/aromatic N) is 1. The standard InChI is InChI=1S/C13H15FN2OS/c14-11-4-2-10(3-5-11)12(17)6-9-18-13-15-7-1-8-16-13/h2-5H,1,6-9H2,(H,15,16). The third-order valence-electron chi connectivity index (χ3n) is 2.60. The molecular formula is C13H15FN2OS. The smallest absolute Gasteiger partial charge is 0.163 e. The number of ketones is 1. The Hall–Kier alpha value is -1.36. The molecule has 18 heavy (non-hydrogen) atoms. The van der Waals surface area contributed by atoms with E-state index in [1.165, 1.54) is 24.3 Å². The molecule has 1 N–H and O–H groups in total. The molecule has 0 fully saturated rings. The van der Waals surface area contributed by atoms with Crippen LogP contribution in [0.5, 0.6) is 0 Å². The highest BCUT2D eigenvalue weighted by Gasteiger charge is 2.08. The Morgan fingerprint density at radius 3 is 2.83 bits per heavy atom. The van der Waals surface area contributed by atoms with E-state index in [1.54, 1.807) is 11.8 Å². The number of halogens is 1. The molecule has 0 aromatic heterocycles. The van der Waals surface area contributed by atoms with Crippen molar-refractivity contribution in [2.24, 2.45) is 4.99 Å². The first-order valence-electron chi connectivity index (χ1n) is 5.95. The van der Waals surface area contributed by atoms with Gasteiger partial charge in [0.15, 0.2) is 11.0 Å². The highest BCUT2D eigenvalue weighted by atomic mass is 32.2. The summed E-state index contributed by atoms with van der Waals surface area (Å²) in [5, 5.41) is 4.12. The third kappa shape index (κ3) is 3.84. The molecule has 0 radical (unpaired) electrons. The molecule has 1 heterocycles. The summed E-state index contributed by atoms with van der Waals surface area (Å²) in [6.45, 7) is 1.82. The second-order valence-electron chi connectivity index (χ2n) is 4.00. The van der Waals surface area contributed by atoms with Crippen molar-refractivity contribution in [1.29, 1.82) is 0 Å². The van der Waals surface area contributed by atoms with Gasteiger partial charge in [0.05, 0.1) is 0 Å². The minimum Gasteiger partial charge on any atom is -0.365 e. The summed E-state index contributed by atoms with van der Waals surface area (Å²) in [7, 11) is 0. The second kappa shape index (κ2) is 6.54. The lowest BCUT2D eigenvalue weighted by atomic mass is 10.1. The molecule has 1 aliphatic heterocycles. The molecule has 96 valence electrons. The van der Waals surface area contributed by atoms with Gasteiger partial charge in [0.25, 0.3) is 0 Å². The molecule has 5 heteroatoms. The van der Waals surface area contributed by atoms with Crippen molar-refractivity contribution in [2.45, 2.75) is 12.8 Å². The monoisotopic (exact) mass is 266 g/mol. The van der Waals surface area contributed by atoms with E-state index >= 15 is 0 Å². The van der Waals surface area contributed by atoms with Gasteiger partial charge in [-0.15, -0.1) is 0 Å². The number of carbonyl (C=O) groups excluding carboxylic acids is 1. The molecule has 2 rings (SSSR count). The molecule has 3 nitrogen and oxygen atoms in total. The van der Waals surface area contributed by atoms with Gasteiger partial charge in [-0.25, -0.2) is 4.39 Å². The maximum atomic E-state index is 12.7. The number of Topliss-reactive ketones (excluding diaryl/α,β-unsaturated/α-hetero) is 1. The lowest BCUT2D eigenvalue weighted by Crippen LogP contribution is -2.27. The number of thioether (sulfide) groups is 1. The van der Waals surface area contributed by atoms with Gasteiger partial charge in [0.1, 0.15) is 5.82 Å². The molecule has 1 aliphatic rings. The second-order valence-corrected chi connectivity index (χ2v) is 5.08. The fourth-order valence-corrected chi connectivity index (χ4v) is 2.50. The quantitative estimate of drug-likeness (QED) is 0.851. The largest absolute Gasteiger partial charge is 0.365 e. The van der Waals surface area contributed by atoms with Crippen LogP contribution in [0.25, 0.3) is 0 Å². The summed E-state index contributed by atoms with van der Waals surface area (Å²) in [4.78, 5) is 16.1. The SMILES string of the molecule is O=C(CCSC1=NCCCN1)c1ccc(F)cc1. The summed E-state index contributed by atoms with van der Waals surface area (Å²) in [5.74, 6) is 0.419. The van der Waals surface area contributed by atoms with E-state index in [1.807, 2.05) is 0 Å². The van der Waals surface area contributed by atoms with E-state index in [2.05, 4.69) is 10.3 Å². The highest BCUT2D eigenvalue weighted by molar-refractivity contribution is 8.13. The average molecular weight is 266 g/mol. The summed E-state index contributed by atoms with van der Waals surface area (Å²) in [6.07, 6.45) is 1.51. The van der Waals surface area contributed by atoms with Gasteiger partial charge in [0, 0.05) is 30.8 Å². The number of aliphatic imine (C=N–C) groups is 1. The van der Waals surface area contributed by atoms with Crippen molar-refractivity contribution in [1.82, 2.24) is 5.32 Å². The number of rotatable bonds is 4. The molecule has 1 aromatic carbocycles. The Kier molecular flexibility index (Phi) is 4.75. The van der Waals surface area contributed by atoms with E-state index in [9.17, 15) is 9.18 Å². The number of nitrogens with one attached hydrogen (secondary N) is 1. The van der Waals surface area contributed by atoms with Crippen LogP contribution in [-0.2, 0) is 0 Å². The predicted octanol–water partition coefficient (Wildman–Crippen LogP) is 2.48. The molecule has 0 atom stereocenters. The van der Waals surface area contributed by atoms with E-state index in [4.69, 9.17) is 0 Å². The average Bonchev–Trinajstić information content (AvgIpc) is 2.40. The Morgan fingerprint density at radius 1 is 1.39 bits per heavy atom. The van der Waals surface area contributed by atoms with Gasteiger partial charge in [0.2, 0.25) is 0 Å². The van der Waals surface area contributed by atoms with Crippen LogP contribution in [0.1, 0.15) is 23.2 Å². The van der Waals surface area contributed by atoms with Crippen LogP contribution in [0.4, 0.5) is 4.39 Å². The van der Waals surface area contributed by atoms with E-state index in [0.717, 1.165) is 24.7 Å². The van der Waals surface area contributed by atoms with Crippen LogP contribution in [-0.4, -0.2) is 29.8 Å². The van der Waals surface area contributed by atoms with Crippen molar-refractivity contribution in [3.63, 3.8) is 0 Å². The van der Waals surface area contributed by atoms with Crippen molar-refractivity contribution >= 4 is 22.7 Å². The van der Waals surface area contributed by atoms with Gasteiger partial charge in [-0.3, -0.25) is 9.79 Å². The molecule has 0 spiro atoms. The lowest BCUT2D eigenvalue weighted by Gasteiger charge is -2.13. The zero-order valence-corrected chi connectivity index (χ0v) is 10.8. The Bertz CT molecular complexity index is 445. The molecule has 0 unspecified atom stereocenters. The van der Waals surface area contributed by atoms with Crippen LogP contribution in [0, 0.1) is 5.82 Å². The van der Waals surface area contributed by atoms with Crippen LogP contribution < -0.4 is 5.32 Å².